The number of carbonyl (C=O) groups excluding carboxylic acids is 1. The Kier molecular flexibility index (Phi) is 8.42. The summed E-state index contributed by atoms with van der Waals surface area (Å²) in [7, 11) is 0. The number of hydrogen-bond acceptors (Lipinski definition) is 5. The number of ether oxygens (including phenoxy) is 1. The molecule has 0 N–H and O–H groups in total. The number of hydrogen-bond donors (Lipinski definition) is 0. The van der Waals surface area contributed by atoms with Crippen molar-refractivity contribution in [3.8, 4) is 16.9 Å². The Morgan fingerprint density at radius 3 is 2.16 bits per heavy atom. The molecule has 8 nitrogen and oxygen atoms in total. The first-order chi connectivity index (χ1) is 21.0. The average molecular weight is 639 g/mol. The molecule has 238 valence electrons. The van der Waals surface area contributed by atoms with Gasteiger partial charge in [0.25, 0.3) is 0 Å². The molecule has 1 fully saturated rings. The summed E-state index contributed by atoms with van der Waals surface area (Å²) < 4.78 is 38.8. The van der Waals surface area contributed by atoms with E-state index in [0.29, 0.717) is 5.69 Å². The van der Waals surface area contributed by atoms with E-state index in [1.165, 1.54) is 33.7 Å². The number of rotatable bonds is 6. The number of pyridine rings is 1. The van der Waals surface area contributed by atoms with E-state index in [1.54, 1.807) is 26.8 Å². The van der Waals surface area contributed by atoms with Gasteiger partial charge in [-0.3, -0.25) is 18.7 Å². The molecule has 0 saturated carbocycles. The molecule has 2 aromatic heterocycles. The van der Waals surface area contributed by atoms with Crippen molar-refractivity contribution in [2.24, 2.45) is 0 Å². The molecule has 0 atom stereocenters. The number of nitrogens with zero attached hydrogens (tertiary/aromatic N) is 4. The molecule has 1 aliphatic rings. The van der Waals surface area contributed by atoms with Crippen molar-refractivity contribution in [3.05, 3.63) is 91.2 Å². The minimum absolute atomic E-state index is 0.0177. The van der Waals surface area contributed by atoms with Gasteiger partial charge in [-0.25, -0.2) is 18.6 Å². The van der Waals surface area contributed by atoms with Crippen LogP contribution < -0.4 is 11.1 Å². The first-order valence-corrected chi connectivity index (χ1v) is 15.3. The maximum atomic E-state index is 16.1. The van der Waals surface area contributed by atoms with Gasteiger partial charge in [0.2, 0.25) is 0 Å². The highest BCUT2D eigenvalue weighted by Crippen LogP contribution is 2.36. The van der Waals surface area contributed by atoms with Crippen molar-refractivity contribution in [1.29, 1.82) is 0 Å². The number of aromatic nitrogens is 3. The van der Waals surface area contributed by atoms with Crippen molar-refractivity contribution in [2.75, 3.05) is 13.1 Å². The van der Waals surface area contributed by atoms with Crippen LogP contribution in [0, 0.1) is 5.82 Å². The predicted octanol–water partition coefficient (Wildman–Crippen LogP) is 7.21. The summed E-state index contributed by atoms with van der Waals surface area (Å²) in [6, 6.07) is 13.1. The van der Waals surface area contributed by atoms with E-state index in [1.807, 2.05) is 45.9 Å². The molecule has 0 bridgehead atoms. The topological polar surface area (TPSA) is 86.4 Å². The highest BCUT2D eigenvalue weighted by atomic mass is 35.5. The second-order valence-electron chi connectivity index (χ2n) is 13.3. The van der Waals surface area contributed by atoms with Gasteiger partial charge in [0.15, 0.2) is 11.3 Å². The van der Waals surface area contributed by atoms with Crippen molar-refractivity contribution in [3.63, 3.8) is 0 Å². The normalized spacial score (nSPS) is 14.7. The van der Waals surface area contributed by atoms with E-state index in [0.717, 1.165) is 15.7 Å². The minimum Gasteiger partial charge on any atom is -0.444 e. The van der Waals surface area contributed by atoms with Crippen molar-refractivity contribution in [2.45, 2.75) is 78.1 Å². The Hall–Kier alpha value is -4.05. The first-order valence-electron chi connectivity index (χ1n) is 14.9. The summed E-state index contributed by atoms with van der Waals surface area (Å²) in [5, 5.41) is 0.0177. The SMILES string of the molecule is CC(C)c1cccc(C(C)C)c1-n1c(=O)c(=O)n(CC2(F)CN(C(=O)OC(C)(C)C)C2)c2cc(Cl)c(-c3ccccc3F)nc21. The zero-order chi connectivity index (χ0) is 33.0. The molecule has 1 saturated heterocycles. The van der Waals surface area contributed by atoms with Crippen LogP contribution in [0.15, 0.2) is 58.1 Å². The Morgan fingerprint density at radius 2 is 1.60 bits per heavy atom. The lowest BCUT2D eigenvalue weighted by Crippen LogP contribution is -2.64. The summed E-state index contributed by atoms with van der Waals surface area (Å²) in [6.45, 7) is 11.9. The lowest BCUT2D eigenvalue weighted by molar-refractivity contribution is -0.0578. The van der Waals surface area contributed by atoms with E-state index in [4.69, 9.17) is 21.3 Å². The fraction of sp³-hybridized carbons (Fsp3) is 0.412. The molecule has 1 amide bonds. The van der Waals surface area contributed by atoms with Crippen molar-refractivity contribution in [1.82, 2.24) is 19.0 Å². The van der Waals surface area contributed by atoms with Gasteiger partial charge >= 0.3 is 17.2 Å². The van der Waals surface area contributed by atoms with E-state index in [-0.39, 0.29) is 52.4 Å². The molecule has 0 aliphatic carbocycles. The van der Waals surface area contributed by atoms with E-state index >= 15 is 8.78 Å². The standard InChI is InChI=1S/C34H37ClF2N4O4/c1-19(2)21-12-10-13-22(20(3)4)28(21)41-29-26(15-24(35)27(38-29)23-11-8-9-14-25(23)36)40(30(42)31(41)43)18-34(37)16-39(17-34)32(44)45-33(5,6)7/h8-15,19-20H,16-18H2,1-7H3. The number of para-hydroxylation sites is 1. The van der Waals surface area contributed by atoms with Crippen LogP contribution in [0.1, 0.15) is 71.4 Å². The van der Waals surface area contributed by atoms with Crippen LogP contribution in [0.4, 0.5) is 13.6 Å². The first kappa shape index (κ1) is 32.3. The second kappa shape index (κ2) is 11.7. The molecule has 0 unspecified atom stereocenters. The van der Waals surface area contributed by atoms with Crippen LogP contribution >= 0.6 is 11.6 Å². The van der Waals surface area contributed by atoms with Crippen LogP contribution in [0.25, 0.3) is 28.1 Å². The fourth-order valence-electron chi connectivity index (χ4n) is 5.70. The largest absolute Gasteiger partial charge is 0.444 e. The zero-order valence-electron chi connectivity index (χ0n) is 26.5. The summed E-state index contributed by atoms with van der Waals surface area (Å²) >= 11 is 6.69. The van der Waals surface area contributed by atoms with E-state index in [2.05, 4.69) is 0 Å². The number of halogens is 3. The maximum absolute atomic E-state index is 16.1. The predicted molar refractivity (Wildman–Crippen MR) is 172 cm³/mol. The Balaban J connectivity index is 1.77. The molecule has 3 heterocycles. The summed E-state index contributed by atoms with van der Waals surface area (Å²) in [6.07, 6.45) is -0.672. The highest BCUT2D eigenvalue weighted by molar-refractivity contribution is 6.33. The smallest absolute Gasteiger partial charge is 0.410 e. The molecule has 5 rings (SSSR count). The number of amides is 1. The number of benzene rings is 2. The summed E-state index contributed by atoms with van der Waals surface area (Å²) in [4.78, 5) is 46.5. The van der Waals surface area contributed by atoms with Gasteiger partial charge in [0.05, 0.1) is 41.6 Å². The molecule has 4 aromatic rings. The third-order valence-electron chi connectivity index (χ3n) is 7.81. The lowest BCUT2D eigenvalue weighted by Gasteiger charge is -2.44. The summed E-state index contributed by atoms with van der Waals surface area (Å²) in [5.74, 6) is -0.646. The Morgan fingerprint density at radius 1 is 1.00 bits per heavy atom. The number of fused-ring (bicyclic) bond motifs is 1. The quantitative estimate of drug-likeness (QED) is 0.208. The number of carbonyl (C=O) groups is 1. The molecule has 0 radical (unpaired) electrons. The van der Waals surface area contributed by atoms with Crippen LogP contribution in [0.3, 0.4) is 0 Å². The second-order valence-corrected chi connectivity index (χ2v) is 13.7. The average Bonchev–Trinajstić information content (AvgIpc) is 2.93. The molecule has 1 aliphatic heterocycles. The van der Waals surface area contributed by atoms with E-state index < -0.39 is 40.8 Å². The van der Waals surface area contributed by atoms with Gasteiger partial charge in [0.1, 0.15) is 11.4 Å². The molecular weight excluding hydrogens is 602 g/mol. The van der Waals surface area contributed by atoms with Crippen LogP contribution in [0.5, 0.6) is 0 Å². The summed E-state index contributed by atoms with van der Waals surface area (Å²) in [5.41, 5.74) is -2.26. The van der Waals surface area contributed by atoms with Crippen molar-refractivity contribution >= 4 is 28.9 Å². The number of alkyl halides is 1. The molecular formula is C34H37ClF2N4O4. The Bertz CT molecular complexity index is 1890. The van der Waals surface area contributed by atoms with E-state index in [9.17, 15) is 14.4 Å². The van der Waals surface area contributed by atoms with Gasteiger partial charge in [-0.1, -0.05) is 69.6 Å². The maximum Gasteiger partial charge on any atom is 0.410 e. The molecule has 45 heavy (non-hydrogen) atoms. The van der Waals surface area contributed by atoms with Crippen LogP contribution in [0.2, 0.25) is 5.02 Å². The molecule has 2 aromatic carbocycles. The fourth-order valence-corrected chi connectivity index (χ4v) is 5.95. The number of likely N-dealkylation sites (tertiary alicyclic amines) is 1. The highest BCUT2D eigenvalue weighted by Gasteiger charge is 2.48. The van der Waals surface area contributed by atoms with Gasteiger partial charge in [-0.05, 0) is 61.9 Å². The zero-order valence-corrected chi connectivity index (χ0v) is 27.2. The van der Waals surface area contributed by atoms with Gasteiger partial charge in [0, 0.05) is 5.56 Å². The molecule has 11 heteroatoms. The van der Waals surface area contributed by atoms with Crippen LogP contribution in [-0.2, 0) is 11.3 Å². The van der Waals surface area contributed by atoms with Crippen LogP contribution in [-0.4, -0.2) is 49.5 Å². The lowest BCUT2D eigenvalue weighted by atomic mass is 9.92. The van der Waals surface area contributed by atoms with Crippen molar-refractivity contribution < 1.29 is 18.3 Å². The third kappa shape index (κ3) is 6.12. The van der Waals surface area contributed by atoms with Gasteiger partial charge < -0.3 is 9.64 Å². The third-order valence-corrected chi connectivity index (χ3v) is 8.10. The minimum atomic E-state index is -2.03. The van der Waals surface area contributed by atoms with Gasteiger partial charge in [-0.15, -0.1) is 0 Å². The van der Waals surface area contributed by atoms with Gasteiger partial charge in [-0.2, -0.15) is 0 Å². The molecule has 0 spiro atoms. The Labute approximate surface area is 265 Å². The monoisotopic (exact) mass is 638 g/mol.